The number of para-hydroxylation sites is 2. The first-order valence-electron chi connectivity index (χ1n) is 11.5. The topological polar surface area (TPSA) is 77.2 Å². The second kappa shape index (κ2) is 9.67. The smallest absolute Gasteiger partial charge is 0.261 e. The molecule has 0 atom stereocenters. The number of aromatic amines is 1. The van der Waals surface area contributed by atoms with Gasteiger partial charge in [-0.05, 0) is 55.3 Å². The molecule has 1 saturated heterocycles. The number of rotatable bonds is 6. The Hall–Kier alpha value is -4.32. The van der Waals surface area contributed by atoms with E-state index < -0.39 is 11.8 Å². The number of carbonyl (C=O) groups is 2. The van der Waals surface area contributed by atoms with Crippen LogP contribution in [0.3, 0.4) is 0 Å². The van der Waals surface area contributed by atoms with Crippen LogP contribution >= 0.6 is 0 Å². The van der Waals surface area contributed by atoms with Crippen LogP contribution in [-0.2, 0) is 9.59 Å². The monoisotopic (exact) mass is 450 g/mol. The fraction of sp³-hybridized carbons (Fsp3) is 0.143. The van der Waals surface area contributed by atoms with Crippen molar-refractivity contribution in [3.63, 3.8) is 0 Å². The molecule has 0 bridgehead atoms. The maximum Gasteiger partial charge on any atom is 0.261 e. The molecular formula is C28H26N4O2. The van der Waals surface area contributed by atoms with Gasteiger partial charge in [0.15, 0.2) is 0 Å². The lowest BCUT2D eigenvalue weighted by Crippen LogP contribution is -2.25. The van der Waals surface area contributed by atoms with Gasteiger partial charge in [-0.3, -0.25) is 9.59 Å². The number of nitrogens with zero attached hydrogens (tertiary/aromatic N) is 1. The van der Waals surface area contributed by atoms with E-state index >= 15 is 0 Å². The first-order valence-corrected chi connectivity index (χ1v) is 11.5. The maximum atomic E-state index is 13.2. The zero-order chi connectivity index (χ0) is 23.3. The summed E-state index contributed by atoms with van der Waals surface area (Å²) in [5, 5.41) is 6.62. The molecule has 4 aromatic rings. The first-order chi connectivity index (χ1) is 16.7. The van der Waals surface area contributed by atoms with Crippen LogP contribution in [0.15, 0.2) is 90.6 Å². The minimum atomic E-state index is -0.470. The zero-order valence-corrected chi connectivity index (χ0v) is 18.8. The van der Waals surface area contributed by atoms with Crippen LogP contribution in [0.2, 0.25) is 0 Å². The standard InChI is InChI=1S/C28H26N4O2/c33-27(30-21-9-3-1-4-10-21)25(28(34)31-22-11-5-2-6-12-22)17-20-19-29-26-18-23(13-14-24(20)26)32-15-7-8-16-32/h1-6,9-14,17-19,29H,7-8,15-16H2,(H,30,33)(H,31,34). The maximum absolute atomic E-state index is 13.2. The highest BCUT2D eigenvalue weighted by atomic mass is 16.2. The molecule has 5 rings (SSSR count). The molecule has 3 aromatic carbocycles. The molecule has 1 aromatic heterocycles. The quantitative estimate of drug-likeness (QED) is 0.208. The Kier molecular flexibility index (Phi) is 6.12. The van der Waals surface area contributed by atoms with Gasteiger partial charge >= 0.3 is 0 Å². The lowest BCUT2D eigenvalue weighted by atomic mass is 10.1. The Morgan fingerprint density at radius 3 is 1.97 bits per heavy atom. The summed E-state index contributed by atoms with van der Waals surface area (Å²) in [6, 6.07) is 24.5. The highest BCUT2D eigenvalue weighted by Crippen LogP contribution is 2.28. The van der Waals surface area contributed by atoms with Crippen molar-refractivity contribution in [2.24, 2.45) is 0 Å². The molecule has 34 heavy (non-hydrogen) atoms. The van der Waals surface area contributed by atoms with Crippen LogP contribution in [0.5, 0.6) is 0 Å². The van der Waals surface area contributed by atoms with Crippen molar-refractivity contribution in [1.29, 1.82) is 0 Å². The number of anilines is 3. The van der Waals surface area contributed by atoms with E-state index in [1.54, 1.807) is 30.3 Å². The lowest BCUT2D eigenvalue weighted by molar-refractivity contribution is -0.118. The Bertz CT molecular complexity index is 1280. The predicted molar refractivity (Wildman–Crippen MR) is 138 cm³/mol. The highest BCUT2D eigenvalue weighted by Gasteiger charge is 2.20. The second-order valence-electron chi connectivity index (χ2n) is 8.37. The van der Waals surface area contributed by atoms with Gasteiger partial charge in [-0.1, -0.05) is 42.5 Å². The second-order valence-corrected chi connectivity index (χ2v) is 8.37. The summed E-state index contributed by atoms with van der Waals surface area (Å²) < 4.78 is 0. The van der Waals surface area contributed by atoms with Crippen molar-refractivity contribution < 1.29 is 9.59 Å². The van der Waals surface area contributed by atoms with E-state index in [4.69, 9.17) is 0 Å². The molecule has 6 nitrogen and oxygen atoms in total. The Labute approximate surface area is 198 Å². The Morgan fingerprint density at radius 2 is 1.38 bits per heavy atom. The van der Waals surface area contributed by atoms with Gasteiger partial charge in [-0.15, -0.1) is 0 Å². The minimum Gasteiger partial charge on any atom is -0.371 e. The molecule has 1 aliphatic rings. The zero-order valence-electron chi connectivity index (χ0n) is 18.8. The minimum absolute atomic E-state index is 0.0252. The van der Waals surface area contributed by atoms with Crippen molar-refractivity contribution in [3.8, 4) is 0 Å². The molecule has 3 N–H and O–H groups in total. The van der Waals surface area contributed by atoms with Gasteiger partial charge in [0.1, 0.15) is 5.57 Å². The molecule has 1 fully saturated rings. The summed E-state index contributed by atoms with van der Waals surface area (Å²) in [6.45, 7) is 2.14. The van der Waals surface area contributed by atoms with Gasteiger partial charge in [0.25, 0.3) is 11.8 Å². The number of H-pyrrole nitrogens is 1. The van der Waals surface area contributed by atoms with Gasteiger partial charge in [-0.25, -0.2) is 0 Å². The lowest BCUT2D eigenvalue weighted by Gasteiger charge is -2.17. The summed E-state index contributed by atoms with van der Waals surface area (Å²) in [5.41, 5.74) is 4.22. The van der Waals surface area contributed by atoms with Crippen molar-refractivity contribution in [3.05, 3.63) is 96.2 Å². The highest BCUT2D eigenvalue weighted by molar-refractivity contribution is 6.29. The molecule has 0 spiro atoms. The number of fused-ring (bicyclic) bond motifs is 1. The normalized spacial score (nSPS) is 13.0. The van der Waals surface area contributed by atoms with E-state index in [0.717, 1.165) is 29.6 Å². The van der Waals surface area contributed by atoms with Gasteiger partial charge in [0.05, 0.1) is 0 Å². The van der Waals surface area contributed by atoms with E-state index in [-0.39, 0.29) is 5.57 Å². The predicted octanol–water partition coefficient (Wildman–Crippen LogP) is 5.43. The van der Waals surface area contributed by atoms with Crippen molar-refractivity contribution in [2.45, 2.75) is 12.8 Å². The van der Waals surface area contributed by atoms with Gasteiger partial charge in [-0.2, -0.15) is 0 Å². The van der Waals surface area contributed by atoms with Crippen LogP contribution in [0.25, 0.3) is 17.0 Å². The molecule has 2 amide bonds. The molecule has 0 saturated carbocycles. The number of benzene rings is 3. The number of aromatic nitrogens is 1. The third-order valence-corrected chi connectivity index (χ3v) is 6.02. The van der Waals surface area contributed by atoms with Crippen LogP contribution in [0.4, 0.5) is 17.1 Å². The molecule has 170 valence electrons. The van der Waals surface area contributed by atoms with Gasteiger partial charge in [0, 0.05) is 52.8 Å². The number of hydrogen-bond acceptors (Lipinski definition) is 3. The average molecular weight is 451 g/mol. The fourth-order valence-electron chi connectivity index (χ4n) is 4.26. The molecule has 0 radical (unpaired) electrons. The van der Waals surface area contributed by atoms with E-state index in [9.17, 15) is 9.59 Å². The van der Waals surface area contributed by atoms with Crippen molar-refractivity contribution >= 4 is 45.9 Å². The summed E-state index contributed by atoms with van der Waals surface area (Å²) in [7, 11) is 0. The first kappa shape index (κ1) is 21.5. The third kappa shape index (κ3) is 4.71. The van der Waals surface area contributed by atoms with Crippen LogP contribution < -0.4 is 15.5 Å². The molecule has 6 heteroatoms. The van der Waals surface area contributed by atoms with E-state index in [0.29, 0.717) is 11.4 Å². The summed E-state index contributed by atoms with van der Waals surface area (Å²) in [4.78, 5) is 32.0. The van der Waals surface area contributed by atoms with Crippen LogP contribution in [0.1, 0.15) is 18.4 Å². The molecule has 0 unspecified atom stereocenters. The Morgan fingerprint density at radius 1 is 0.794 bits per heavy atom. The number of carbonyl (C=O) groups excluding carboxylic acids is 2. The molecule has 1 aliphatic heterocycles. The van der Waals surface area contributed by atoms with Crippen LogP contribution in [-0.4, -0.2) is 29.9 Å². The van der Waals surface area contributed by atoms with Gasteiger partial charge < -0.3 is 20.5 Å². The Balaban J connectivity index is 1.48. The number of nitrogens with one attached hydrogen (secondary N) is 3. The fourth-order valence-corrected chi connectivity index (χ4v) is 4.26. The molecule has 0 aliphatic carbocycles. The van der Waals surface area contributed by atoms with E-state index in [1.165, 1.54) is 18.5 Å². The summed E-state index contributed by atoms with van der Waals surface area (Å²) in [6.07, 6.45) is 5.91. The SMILES string of the molecule is O=C(Nc1ccccc1)C(=Cc1c[nH]c2cc(N3CCCC3)ccc12)C(=O)Nc1ccccc1. The van der Waals surface area contributed by atoms with Crippen molar-refractivity contribution in [2.75, 3.05) is 28.6 Å². The average Bonchev–Trinajstić information content (AvgIpc) is 3.54. The largest absolute Gasteiger partial charge is 0.371 e. The van der Waals surface area contributed by atoms with Gasteiger partial charge in [0.2, 0.25) is 0 Å². The number of amides is 2. The van der Waals surface area contributed by atoms with E-state index in [2.05, 4.69) is 32.7 Å². The van der Waals surface area contributed by atoms with Crippen LogP contribution in [0, 0.1) is 0 Å². The number of hydrogen-bond donors (Lipinski definition) is 3. The third-order valence-electron chi connectivity index (χ3n) is 6.02. The molecule has 2 heterocycles. The van der Waals surface area contributed by atoms with E-state index in [1.807, 2.05) is 48.7 Å². The summed E-state index contributed by atoms with van der Waals surface area (Å²) in [5.74, 6) is -0.940. The molecular weight excluding hydrogens is 424 g/mol. The summed E-state index contributed by atoms with van der Waals surface area (Å²) >= 11 is 0. The van der Waals surface area contributed by atoms with Crippen molar-refractivity contribution in [1.82, 2.24) is 4.98 Å².